The number of hydrogen-bond donors (Lipinski definition) is 3. The van der Waals surface area contributed by atoms with Gasteiger partial charge in [0.25, 0.3) is 0 Å². The van der Waals surface area contributed by atoms with Crippen molar-refractivity contribution in [3.05, 3.63) is 107 Å². The number of benzene rings is 1. The van der Waals surface area contributed by atoms with Crippen molar-refractivity contribution < 1.29 is 29.4 Å². The van der Waals surface area contributed by atoms with E-state index < -0.39 is 5.97 Å². The Morgan fingerprint density at radius 1 is 0.676 bits per heavy atom. The minimum Gasteiger partial charge on any atom is -0.478 e. The molecule has 1 aromatic carbocycles. The van der Waals surface area contributed by atoms with Gasteiger partial charge in [0.05, 0.1) is 28.3 Å². The molecule has 3 aromatic heterocycles. The van der Waals surface area contributed by atoms with E-state index in [1.807, 2.05) is 72.8 Å². The Morgan fingerprint density at radius 3 is 1.85 bits per heavy atom. The van der Waals surface area contributed by atoms with Gasteiger partial charge in [-0.15, -0.1) is 0 Å². The van der Waals surface area contributed by atoms with E-state index in [4.69, 9.17) is 9.97 Å². The van der Waals surface area contributed by atoms with Crippen molar-refractivity contribution in [1.82, 2.24) is 19.9 Å². The average Bonchev–Trinajstić information content (AvgIpc) is 3.59. The fourth-order valence-corrected chi connectivity index (χ4v) is 4.04. The van der Waals surface area contributed by atoms with Crippen molar-refractivity contribution in [3.63, 3.8) is 0 Å². The number of hydrogen-bond acceptors (Lipinski definition) is 3. The molecule has 0 amide bonds. The normalized spacial score (nSPS) is 12.2. The molecule has 0 spiro atoms. The molecule has 0 saturated carbocycles. The smallest absolute Gasteiger partial charge is 0.335 e. The molecule has 160 valence electrons. The Balaban J connectivity index is 0.00000241. The first-order valence-corrected chi connectivity index (χ1v) is 10.5. The third-order valence-electron chi connectivity index (χ3n) is 5.61. The number of rotatable bonds is 2. The number of carboxylic acid groups (broad SMARTS) is 1. The van der Waals surface area contributed by atoms with E-state index >= 15 is 0 Å². The van der Waals surface area contributed by atoms with Crippen LogP contribution in [-0.2, 0) is 19.5 Å². The SMILES string of the molecule is O=C(O)c1ccc(C2=Cc3cc4ccc(cc5ccc(cc6nc(cc2n3)C=C6)[nH]5)[nH]4)cc1.[Zn]. The molecule has 5 heterocycles. The molecular formula is C27H18N4O2Zn. The molecule has 0 fully saturated rings. The Bertz CT molecular complexity index is 1640. The molecule has 0 unspecified atom stereocenters. The predicted molar refractivity (Wildman–Crippen MR) is 130 cm³/mol. The van der Waals surface area contributed by atoms with Crippen LogP contribution in [0.25, 0.3) is 45.9 Å². The fraction of sp³-hybridized carbons (Fsp3) is 0. The molecule has 7 heteroatoms. The van der Waals surface area contributed by atoms with Crippen molar-refractivity contribution in [1.29, 1.82) is 0 Å². The largest absolute Gasteiger partial charge is 0.478 e. The molecular weight excluding hydrogens is 478 g/mol. The van der Waals surface area contributed by atoms with Gasteiger partial charge in [-0.1, -0.05) is 12.1 Å². The standard InChI is InChI=1S/C27H18N4O2.Zn/c32-27(33)17-3-1-16(2-4-17)25-14-24-13-22-8-7-20(29-22)11-18-5-6-19(28-18)12-21-9-10-23(30-21)15-26(25)31-24;/h1-15,28-29H,(H,32,33);. The minimum atomic E-state index is -0.946. The van der Waals surface area contributed by atoms with Crippen LogP contribution < -0.4 is 0 Å². The number of aromatic amines is 2. The van der Waals surface area contributed by atoms with Gasteiger partial charge in [0.1, 0.15) is 0 Å². The van der Waals surface area contributed by atoms with Gasteiger partial charge in [-0.3, -0.25) is 0 Å². The average molecular weight is 496 g/mol. The molecule has 0 atom stereocenters. The van der Waals surface area contributed by atoms with Gasteiger partial charge >= 0.3 is 5.97 Å². The quantitative estimate of drug-likeness (QED) is 0.266. The molecule has 3 N–H and O–H groups in total. The monoisotopic (exact) mass is 494 g/mol. The zero-order valence-electron chi connectivity index (χ0n) is 18.1. The number of carbonyl (C=O) groups is 1. The summed E-state index contributed by atoms with van der Waals surface area (Å²) in [6.07, 6.45) is 5.95. The minimum absolute atomic E-state index is 0. The van der Waals surface area contributed by atoms with E-state index in [0.29, 0.717) is 0 Å². The second kappa shape index (κ2) is 8.69. The fourth-order valence-electron chi connectivity index (χ4n) is 4.04. The molecule has 6 nitrogen and oxygen atoms in total. The van der Waals surface area contributed by atoms with Gasteiger partial charge in [0.15, 0.2) is 0 Å². The van der Waals surface area contributed by atoms with Crippen LogP contribution in [0, 0.1) is 0 Å². The zero-order valence-corrected chi connectivity index (χ0v) is 21.1. The van der Waals surface area contributed by atoms with Crippen LogP contribution in [0.5, 0.6) is 0 Å². The number of aromatic carboxylic acids is 1. The van der Waals surface area contributed by atoms with Crippen molar-refractivity contribution in [3.8, 4) is 0 Å². The topological polar surface area (TPSA) is 94.7 Å². The van der Waals surface area contributed by atoms with E-state index in [1.165, 1.54) is 0 Å². The number of nitrogens with one attached hydrogen (secondary N) is 2. The first-order chi connectivity index (χ1) is 16.1. The van der Waals surface area contributed by atoms with Crippen LogP contribution >= 0.6 is 0 Å². The third-order valence-corrected chi connectivity index (χ3v) is 5.61. The van der Waals surface area contributed by atoms with E-state index in [-0.39, 0.29) is 25.0 Å². The van der Waals surface area contributed by atoms with E-state index in [1.54, 1.807) is 12.1 Å². The molecule has 4 aromatic rings. The van der Waals surface area contributed by atoms with Gasteiger partial charge in [0, 0.05) is 47.1 Å². The zero-order chi connectivity index (χ0) is 22.4. The number of nitrogens with zero attached hydrogens (tertiary/aromatic N) is 2. The number of fused-ring (bicyclic) bond motifs is 8. The predicted octanol–water partition coefficient (Wildman–Crippen LogP) is 5.77. The van der Waals surface area contributed by atoms with Crippen molar-refractivity contribution in [2.24, 2.45) is 0 Å². The molecule has 34 heavy (non-hydrogen) atoms. The van der Waals surface area contributed by atoms with Gasteiger partial charge in [-0.05, 0) is 84.5 Å². The van der Waals surface area contributed by atoms with Crippen molar-refractivity contribution >= 4 is 51.8 Å². The maximum Gasteiger partial charge on any atom is 0.335 e. The van der Waals surface area contributed by atoms with Gasteiger partial charge in [0.2, 0.25) is 0 Å². The van der Waals surface area contributed by atoms with Gasteiger partial charge < -0.3 is 15.1 Å². The van der Waals surface area contributed by atoms with Crippen LogP contribution in [-0.4, -0.2) is 31.0 Å². The van der Waals surface area contributed by atoms with E-state index in [9.17, 15) is 9.90 Å². The third kappa shape index (κ3) is 4.26. The van der Waals surface area contributed by atoms with Crippen molar-refractivity contribution in [2.75, 3.05) is 0 Å². The Morgan fingerprint density at radius 2 is 1.24 bits per heavy atom. The van der Waals surface area contributed by atoms with Crippen LogP contribution in [0.1, 0.15) is 38.7 Å². The number of aromatic nitrogens is 4. The Hall–Kier alpha value is -4.09. The molecule has 0 radical (unpaired) electrons. The summed E-state index contributed by atoms with van der Waals surface area (Å²) >= 11 is 0. The van der Waals surface area contributed by atoms with Crippen LogP contribution in [0.3, 0.4) is 0 Å². The number of H-pyrrole nitrogens is 2. The molecule has 0 saturated heterocycles. The van der Waals surface area contributed by atoms with Crippen LogP contribution in [0.15, 0.2) is 72.8 Å². The summed E-state index contributed by atoms with van der Waals surface area (Å²) in [5.74, 6) is -0.946. The summed E-state index contributed by atoms with van der Waals surface area (Å²) in [5.41, 5.74) is 9.22. The van der Waals surface area contributed by atoms with E-state index in [0.717, 1.165) is 56.0 Å². The van der Waals surface area contributed by atoms with Gasteiger partial charge in [-0.25, -0.2) is 14.8 Å². The summed E-state index contributed by atoms with van der Waals surface area (Å²) in [7, 11) is 0. The van der Waals surface area contributed by atoms with E-state index in [2.05, 4.69) is 16.0 Å². The second-order valence-corrected chi connectivity index (χ2v) is 7.97. The first kappa shape index (κ1) is 21.7. The Kier molecular flexibility index (Phi) is 5.56. The maximum atomic E-state index is 11.2. The molecule has 6 rings (SSSR count). The summed E-state index contributed by atoms with van der Waals surface area (Å²) < 4.78 is 0. The number of carboxylic acids is 1. The molecule has 0 aliphatic carbocycles. The Labute approximate surface area is 207 Å². The van der Waals surface area contributed by atoms with Crippen LogP contribution in [0.4, 0.5) is 0 Å². The van der Waals surface area contributed by atoms with Gasteiger partial charge in [-0.2, -0.15) is 0 Å². The molecule has 8 bridgehead atoms. The van der Waals surface area contributed by atoms with Crippen molar-refractivity contribution in [2.45, 2.75) is 0 Å². The van der Waals surface area contributed by atoms with Crippen LogP contribution in [0.2, 0.25) is 0 Å². The second-order valence-electron chi connectivity index (χ2n) is 7.97. The summed E-state index contributed by atoms with van der Waals surface area (Å²) in [5, 5.41) is 9.22. The first-order valence-electron chi connectivity index (χ1n) is 10.5. The maximum absolute atomic E-state index is 11.2. The summed E-state index contributed by atoms with van der Waals surface area (Å²) in [4.78, 5) is 27.6. The summed E-state index contributed by atoms with van der Waals surface area (Å²) in [6.45, 7) is 0. The molecule has 2 aliphatic rings. The molecule has 2 aliphatic heterocycles. The summed E-state index contributed by atoms with van der Waals surface area (Å²) in [6, 6.07) is 23.0.